The Labute approximate surface area is 74.3 Å². The number of carbonyl (C=O) groups is 1. The molecule has 1 unspecified atom stereocenters. The Balaban J connectivity index is 3.57. The van der Waals surface area contributed by atoms with Crippen molar-refractivity contribution < 1.29 is 9.53 Å². The van der Waals surface area contributed by atoms with Gasteiger partial charge in [-0.15, -0.1) is 0 Å². The summed E-state index contributed by atoms with van der Waals surface area (Å²) in [5.74, 6) is 0.189. The molecule has 0 saturated heterocycles. The molecule has 3 heteroatoms. The zero-order valence-electron chi connectivity index (χ0n) is 8.17. The maximum absolute atomic E-state index is 11.3. The number of nitrogens with two attached hydrogens (primary N) is 1. The quantitative estimate of drug-likeness (QED) is 0.609. The molecule has 3 nitrogen and oxygen atoms in total. The van der Waals surface area contributed by atoms with E-state index in [9.17, 15) is 4.79 Å². The lowest BCUT2D eigenvalue weighted by atomic mass is 9.99. The predicted molar refractivity (Wildman–Crippen MR) is 48.9 cm³/mol. The molecule has 0 aliphatic carbocycles. The summed E-state index contributed by atoms with van der Waals surface area (Å²) in [5, 5.41) is 0. The summed E-state index contributed by atoms with van der Waals surface area (Å²) in [6, 6.07) is -0.305. The summed E-state index contributed by atoms with van der Waals surface area (Å²) in [6.07, 6.45) is 1.58. The van der Waals surface area contributed by atoms with Crippen molar-refractivity contribution in [2.75, 3.05) is 13.7 Å². The second-order valence-electron chi connectivity index (χ2n) is 3.30. The first kappa shape index (κ1) is 11.6. The van der Waals surface area contributed by atoms with Gasteiger partial charge in [0.15, 0.2) is 5.78 Å². The molecule has 0 aromatic heterocycles. The Hall–Kier alpha value is -0.410. The smallest absolute Gasteiger partial charge is 0.152 e. The molecule has 0 amide bonds. The van der Waals surface area contributed by atoms with E-state index in [0.29, 0.717) is 6.61 Å². The van der Waals surface area contributed by atoms with E-state index in [1.165, 1.54) is 0 Å². The molecule has 0 fully saturated rings. The molecule has 0 radical (unpaired) electrons. The molecular formula is C9H19NO2. The number of carbonyl (C=O) groups excluding carboxylic acids is 1. The minimum atomic E-state index is -0.305. The van der Waals surface area contributed by atoms with Gasteiger partial charge in [-0.3, -0.25) is 4.79 Å². The van der Waals surface area contributed by atoms with Crippen LogP contribution < -0.4 is 5.73 Å². The number of Topliss-reactive ketones (excluding diaryl/α,β-unsaturated/α-hetero) is 1. The summed E-state index contributed by atoms with van der Waals surface area (Å²) < 4.78 is 4.87. The molecule has 12 heavy (non-hydrogen) atoms. The van der Waals surface area contributed by atoms with Crippen LogP contribution in [0.1, 0.15) is 26.7 Å². The Kier molecular flexibility index (Phi) is 5.93. The van der Waals surface area contributed by atoms with Crippen molar-refractivity contribution in [2.45, 2.75) is 32.7 Å². The first-order valence-corrected chi connectivity index (χ1v) is 4.37. The maximum atomic E-state index is 11.3. The third-order valence-corrected chi connectivity index (χ3v) is 1.80. The van der Waals surface area contributed by atoms with E-state index in [4.69, 9.17) is 10.5 Å². The highest BCUT2D eigenvalue weighted by molar-refractivity contribution is 5.85. The van der Waals surface area contributed by atoms with Crippen LogP contribution in [0.5, 0.6) is 0 Å². The van der Waals surface area contributed by atoms with Crippen LogP contribution in [0, 0.1) is 5.92 Å². The second-order valence-corrected chi connectivity index (χ2v) is 3.30. The van der Waals surface area contributed by atoms with Crippen molar-refractivity contribution >= 4 is 5.78 Å². The average molecular weight is 173 g/mol. The Morgan fingerprint density at radius 1 is 1.50 bits per heavy atom. The van der Waals surface area contributed by atoms with Gasteiger partial charge in [0, 0.05) is 19.6 Å². The summed E-state index contributed by atoms with van der Waals surface area (Å²) >= 11 is 0. The SMILES string of the molecule is COCCCC(N)C(=O)C(C)C. The Bertz CT molecular complexity index is 134. The molecule has 0 aromatic carbocycles. The molecule has 0 aliphatic heterocycles. The lowest BCUT2D eigenvalue weighted by Gasteiger charge is -2.12. The molecule has 72 valence electrons. The molecular weight excluding hydrogens is 154 g/mol. The fourth-order valence-electron chi connectivity index (χ4n) is 1.02. The zero-order valence-corrected chi connectivity index (χ0v) is 8.17. The number of ketones is 1. The van der Waals surface area contributed by atoms with Crippen molar-refractivity contribution in [3.63, 3.8) is 0 Å². The van der Waals surface area contributed by atoms with Gasteiger partial charge in [-0.05, 0) is 12.8 Å². The highest BCUT2D eigenvalue weighted by Gasteiger charge is 2.15. The van der Waals surface area contributed by atoms with Gasteiger partial charge in [0.05, 0.1) is 6.04 Å². The van der Waals surface area contributed by atoms with Gasteiger partial charge in [0.2, 0.25) is 0 Å². The van der Waals surface area contributed by atoms with Gasteiger partial charge in [-0.25, -0.2) is 0 Å². The van der Waals surface area contributed by atoms with Crippen molar-refractivity contribution in [3.8, 4) is 0 Å². The molecule has 0 bridgehead atoms. The third-order valence-electron chi connectivity index (χ3n) is 1.80. The van der Waals surface area contributed by atoms with Crippen molar-refractivity contribution in [2.24, 2.45) is 11.7 Å². The monoisotopic (exact) mass is 173 g/mol. The van der Waals surface area contributed by atoms with Crippen LogP contribution in [0.25, 0.3) is 0 Å². The topological polar surface area (TPSA) is 52.3 Å². The molecule has 0 rings (SSSR count). The van der Waals surface area contributed by atoms with Crippen LogP contribution in [-0.2, 0) is 9.53 Å². The highest BCUT2D eigenvalue weighted by atomic mass is 16.5. The zero-order chi connectivity index (χ0) is 9.56. The fourth-order valence-corrected chi connectivity index (χ4v) is 1.02. The van der Waals surface area contributed by atoms with Crippen LogP contribution in [0.15, 0.2) is 0 Å². The molecule has 0 spiro atoms. The van der Waals surface area contributed by atoms with Crippen LogP contribution in [0.3, 0.4) is 0 Å². The summed E-state index contributed by atoms with van der Waals surface area (Å²) in [4.78, 5) is 11.3. The van der Waals surface area contributed by atoms with E-state index >= 15 is 0 Å². The van der Waals surface area contributed by atoms with Gasteiger partial charge in [-0.2, -0.15) is 0 Å². The summed E-state index contributed by atoms with van der Waals surface area (Å²) in [6.45, 7) is 4.43. The maximum Gasteiger partial charge on any atom is 0.152 e. The molecule has 0 saturated carbocycles. The first-order valence-electron chi connectivity index (χ1n) is 4.37. The van der Waals surface area contributed by atoms with E-state index in [2.05, 4.69) is 0 Å². The minimum Gasteiger partial charge on any atom is -0.385 e. The lowest BCUT2D eigenvalue weighted by molar-refractivity contribution is -0.123. The molecule has 1 atom stereocenters. The van der Waals surface area contributed by atoms with Crippen LogP contribution in [0.4, 0.5) is 0 Å². The minimum absolute atomic E-state index is 0.0440. The average Bonchev–Trinajstić information content (AvgIpc) is 2.03. The highest BCUT2D eigenvalue weighted by Crippen LogP contribution is 2.03. The Morgan fingerprint density at radius 2 is 2.08 bits per heavy atom. The summed E-state index contributed by atoms with van der Waals surface area (Å²) in [5.41, 5.74) is 5.65. The third kappa shape index (κ3) is 4.46. The van der Waals surface area contributed by atoms with Crippen molar-refractivity contribution in [3.05, 3.63) is 0 Å². The van der Waals surface area contributed by atoms with Crippen LogP contribution in [0.2, 0.25) is 0 Å². The van der Waals surface area contributed by atoms with Gasteiger partial charge >= 0.3 is 0 Å². The second kappa shape index (κ2) is 6.14. The fraction of sp³-hybridized carbons (Fsp3) is 0.889. The molecule has 0 heterocycles. The standard InChI is InChI=1S/C9H19NO2/c1-7(2)9(11)8(10)5-4-6-12-3/h7-8H,4-6,10H2,1-3H3. The summed E-state index contributed by atoms with van der Waals surface area (Å²) in [7, 11) is 1.65. The normalized spacial score (nSPS) is 13.4. The van der Waals surface area contributed by atoms with Crippen molar-refractivity contribution in [1.29, 1.82) is 0 Å². The molecule has 0 aliphatic rings. The van der Waals surface area contributed by atoms with Gasteiger partial charge < -0.3 is 10.5 Å². The van der Waals surface area contributed by atoms with E-state index in [0.717, 1.165) is 12.8 Å². The van der Waals surface area contributed by atoms with E-state index in [-0.39, 0.29) is 17.7 Å². The number of hydrogen-bond donors (Lipinski definition) is 1. The number of hydrogen-bond acceptors (Lipinski definition) is 3. The van der Waals surface area contributed by atoms with Crippen molar-refractivity contribution in [1.82, 2.24) is 0 Å². The molecule has 0 aromatic rings. The van der Waals surface area contributed by atoms with Crippen LogP contribution >= 0.6 is 0 Å². The van der Waals surface area contributed by atoms with Gasteiger partial charge in [0.1, 0.15) is 0 Å². The van der Waals surface area contributed by atoms with Gasteiger partial charge in [0.25, 0.3) is 0 Å². The lowest BCUT2D eigenvalue weighted by Crippen LogP contribution is -2.33. The van der Waals surface area contributed by atoms with E-state index in [1.54, 1.807) is 7.11 Å². The number of ether oxygens (including phenoxy) is 1. The van der Waals surface area contributed by atoms with Crippen LogP contribution in [-0.4, -0.2) is 25.5 Å². The Morgan fingerprint density at radius 3 is 2.50 bits per heavy atom. The number of rotatable bonds is 6. The van der Waals surface area contributed by atoms with E-state index < -0.39 is 0 Å². The van der Waals surface area contributed by atoms with Gasteiger partial charge in [-0.1, -0.05) is 13.8 Å². The predicted octanol–water partition coefficient (Wildman–Crippen LogP) is 0.965. The largest absolute Gasteiger partial charge is 0.385 e. The first-order chi connectivity index (χ1) is 5.59. The molecule has 2 N–H and O–H groups in total. The van der Waals surface area contributed by atoms with E-state index in [1.807, 2.05) is 13.8 Å². The number of methoxy groups -OCH3 is 1.